The molecule has 0 radical (unpaired) electrons. The van der Waals surface area contributed by atoms with E-state index in [2.05, 4.69) is 15.6 Å². The van der Waals surface area contributed by atoms with E-state index in [4.69, 9.17) is 4.74 Å². The van der Waals surface area contributed by atoms with E-state index in [-0.39, 0.29) is 36.3 Å². The zero-order chi connectivity index (χ0) is 18.0. The number of hydrogen-bond donors (Lipinski definition) is 2. The molecule has 0 aliphatic heterocycles. The number of halogens is 2. The lowest BCUT2D eigenvalue weighted by Gasteiger charge is -2.12. The maximum Gasteiger partial charge on any atom is 0.191 e. The van der Waals surface area contributed by atoms with E-state index in [9.17, 15) is 12.8 Å². The highest BCUT2D eigenvalue weighted by Crippen LogP contribution is 2.15. The van der Waals surface area contributed by atoms with Crippen molar-refractivity contribution < 1.29 is 17.5 Å². The third kappa shape index (κ3) is 10.6. The first kappa shape index (κ1) is 24.1. The predicted molar refractivity (Wildman–Crippen MR) is 110 cm³/mol. The largest absolute Gasteiger partial charge is 0.385 e. The molecule has 1 aromatic carbocycles. The van der Waals surface area contributed by atoms with Gasteiger partial charge in [-0.2, -0.15) is 0 Å². The maximum absolute atomic E-state index is 13.5. The van der Waals surface area contributed by atoms with Gasteiger partial charge in [-0.3, -0.25) is 0 Å². The van der Waals surface area contributed by atoms with Gasteiger partial charge in [-0.25, -0.2) is 17.8 Å². The van der Waals surface area contributed by atoms with Crippen LogP contribution in [0.25, 0.3) is 0 Å². The lowest BCUT2D eigenvalue weighted by atomic mass is 10.1. The van der Waals surface area contributed by atoms with Gasteiger partial charge >= 0.3 is 0 Å². The van der Waals surface area contributed by atoms with Crippen LogP contribution in [0.5, 0.6) is 0 Å². The fraction of sp³-hybridized carbons (Fsp3) is 0.562. The molecule has 0 fully saturated rings. The smallest absolute Gasteiger partial charge is 0.191 e. The summed E-state index contributed by atoms with van der Waals surface area (Å²) in [4.78, 5) is 4.41. The summed E-state index contributed by atoms with van der Waals surface area (Å²) in [5, 5.41) is 6.25. The Labute approximate surface area is 166 Å². The van der Waals surface area contributed by atoms with Crippen molar-refractivity contribution in [1.29, 1.82) is 0 Å². The number of sulfone groups is 1. The van der Waals surface area contributed by atoms with Crippen molar-refractivity contribution in [2.24, 2.45) is 4.99 Å². The van der Waals surface area contributed by atoms with Gasteiger partial charge in [0.1, 0.15) is 5.82 Å². The van der Waals surface area contributed by atoms with Crippen LogP contribution in [0.15, 0.2) is 23.2 Å². The van der Waals surface area contributed by atoms with Crippen LogP contribution in [0.3, 0.4) is 0 Å². The molecule has 0 saturated carbocycles. The standard InChI is InChI=1S/C16H26FN3O3S.HI/c1-4-18-16(19-8-5-9-23-2)20-11-14-10-15(17)7-6-13(14)12-24(3,21)22;/h6-7,10H,4-5,8-9,11-12H2,1-3H3,(H2,18,19,20);1H. The van der Waals surface area contributed by atoms with Crippen LogP contribution in [0, 0.1) is 5.82 Å². The molecule has 2 N–H and O–H groups in total. The number of hydrogen-bond acceptors (Lipinski definition) is 4. The molecule has 0 unspecified atom stereocenters. The number of guanidine groups is 1. The molecule has 0 spiro atoms. The molecule has 0 aliphatic carbocycles. The molecule has 0 bridgehead atoms. The fourth-order valence-electron chi connectivity index (χ4n) is 2.09. The minimum atomic E-state index is -3.20. The molecule has 0 heterocycles. The molecule has 1 rings (SSSR count). The zero-order valence-corrected chi connectivity index (χ0v) is 18.0. The lowest BCUT2D eigenvalue weighted by molar-refractivity contribution is 0.195. The summed E-state index contributed by atoms with van der Waals surface area (Å²) < 4.78 is 41.5. The van der Waals surface area contributed by atoms with Gasteiger partial charge in [-0.1, -0.05) is 6.07 Å². The highest BCUT2D eigenvalue weighted by molar-refractivity contribution is 14.0. The van der Waals surface area contributed by atoms with Crippen LogP contribution < -0.4 is 10.6 Å². The first-order chi connectivity index (χ1) is 11.4. The van der Waals surface area contributed by atoms with Crippen LogP contribution in [-0.2, 0) is 26.9 Å². The Morgan fingerprint density at radius 2 is 2.00 bits per heavy atom. The summed E-state index contributed by atoms with van der Waals surface area (Å²) in [6.45, 7) is 4.18. The highest BCUT2D eigenvalue weighted by Gasteiger charge is 2.10. The summed E-state index contributed by atoms with van der Waals surface area (Å²) in [6.07, 6.45) is 1.99. The Hall–Kier alpha value is -0.940. The maximum atomic E-state index is 13.5. The SMILES string of the molecule is CCNC(=NCc1cc(F)ccc1CS(C)(=O)=O)NCCCOC.I. The molecule has 0 atom stereocenters. The first-order valence-corrected chi connectivity index (χ1v) is 9.88. The quantitative estimate of drug-likeness (QED) is 0.241. The second kappa shape index (κ2) is 12.4. The van der Waals surface area contributed by atoms with Crippen molar-refractivity contribution in [3.8, 4) is 0 Å². The van der Waals surface area contributed by atoms with E-state index in [1.807, 2.05) is 6.92 Å². The second-order valence-corrected chi connectivity index (χ2v) is 7.59. The second-order valence-electron chi connectivity index (χ2n) is 5.45. The predicted octanol–water partition coefficient (Wildman–Crippen LogP) is 2.08. The Morgan fingerprint density at radius 3 is 2.60 bits per heavy atom. The van der Waals surface area contributed by atoms with Gasteiger partial charge in [0.05, 0.1) is 12.3 Å². The van der Waals surface area contributed by atoms with Crippen molar-refractivity contribution in [2.45, 2.75) is 25.6 Å². The minimum Gasteiger partial charge on any atom is -0.385 e. The summed E-state index contributed by atoms with van der Waals surface area (Å²) in [5.41, 5.74) is 1.13. The highest BCUT2D eigenvalue weighted by atomic mass is 127. The lowest BCUT2D eigenvalue weighted by Crippen LogP contribution is -2.38. The molecule has 25 heavy (non-hydrogen) atoms. The number of methoxy groups -OCH3 is 1. The fourth-order valence-corrected chi connectivity index (χ4v) is 2.94. The van der Waals surface area contributed by atoms with Gasteiger partial charge in [0.25, 0.3) is 0 Å². The Kier molecular flexibility index (Phi) is 12.0. The topological polar surface area (TPSA) is 79.8 Å². The Morgan fingerprint density at radius 1 is 1.28 bits per heavy atom. The van der Waals surface area contributed by atoms with E-state index < -0.39 is 15.7 Å². The third-order valence-corrected chi connectivity index (χ3v) is 3.99. The van der Waals surface area contributed by atoms with Crippen molar-refractivity contribution in [1.82, 2.24) is 10.6 Å². The van der Waals surface area contributed by atoms with E-state index in [1.54, 1.807) is 7.11 Å². The molecule has 9 heteroatoms. The van der Waals surface area contributed by atoms with Gasteiger partial charge in [0, 0.05) is 33.1 Å². The molecule has 6 nitrogen and oxygen atoms in total. The molecule has 144 valence electrons. The number of ether oxygens (including phenoxy) is 1. The van der Waals surface area contributed by atoms with Crippen molar-refractivity contribution in [3.63, 3.8) is 0 Å². The van der Waals surface area contributed by atoms with Gasteiger partial charge in [-0.15, -0.1) is 24.0 Å². The van der Waals surface area contributed by atoms with Crippen LogP contribution in [0.1, 0.15) is 24.5 Å². The number of nitrogens with one attached hydrogen (secondary N) is 2. The third-order valence-electron chi connectivity index (χ3n) is 3.16. The van der Waals surface area contributed by atoms with Gasteiger partial charge in [-0.05, 0) is 36.6 Å². The number of aliphatic imine (C=N–C) groups is 1. The minimum absolute atomic E-state index is 0. The van der Waals surface area contributed by atoms with Gasteiger partial charge < -0.3 is 15.4 Å². The molecular weight excluding hydrogens is 460 g/mol. The summed E-state index contributed by atoms with van der Waals surface area (Å²) in [6, 6.07) is 4.10. The molecule has 0 amide bonds. The summed E-state index contributed by atoms with van der Waals surface area (Å²) in [5.74, 6) is 0.0642. The van der Waals surface area contributed by atoms with E-state index in [0.717, 1.165) is 12.7 Å². The van der Waals surface area contributed by atoms with Crippen molar-refractivity contribution in [2.75, 3.05) is 33.1 Å². The average molecular weight is 487 g/mol. The summed E-state index contributed by atoms with van der Waals surface area (Å²) in [7, 11) is -1.55. The average Bonchev–Trinajstić information content (AvgIpc) is 2.50. The van der Waals surface area contributed by atoms with Crippen LogP contribution in [0.4, 0.5) is 4.39 Å². The molecule has 1 aromatic rings. The first-order valence-electron chi connectivity index (χ1n) is 7.82. The summed E-state index contributed by atoms with van der Waals surface area (Å²) >= 11 is 0. The van der Waals surface area contributed by atoms with Crippen LogP contribution in [0.2, 0.25) is 0 Å². The van der Waals surface area contributed by atoms with E-state index in [0.29, 0.717) is 36.8 Å². The van der Waals surface area contributed by atoms with Crippen molar-refractivity contribution >= 4 is 39.8 Å². The Balaban J connectivity index is 0.00000576. The normalized spacial score (nSPS) is 11.8. The zero-order valence-electron chi connectivity index (χ0n) is 14.8. The van der Waals surface area contributed by atoms with E-state index >= 15 is 0 Å². The van der Waals surface area contributed by atoms with Crippen LogP contribution >= 0.6 is 24.0 Å². The van der Waals surface area contributed by atoms with Gasteiger partial charge in [0.15, 0.2) is 15.8 Å². The van der Waals surface area contributed by atoms with Crippen LogP contribution in [-0.4, -0.2) is 47.4 Å². The van der Waals surface area contributed by atoms with Gasteiger partial charge in [0.2, 0.25) is 0 Å². The van der Waals surface area contributed by atoms with E-state index in [1.165, 1.54) is 18.2 Å². The van der Waals surface area contributed by atoms with Crippen molar-refractivity contribution in [3.05, 3.63) is 35.1 Å². The monoisotopic (exact) mass is 487 g/mol. The molecule has 0 aliphatic rings. The number of nitrogens with zero attached hydrogens (tertiary/aromatic N) is 1. The molecular formula is C16H27FIN3O3S. The Bertz CT molecular complexity index is 654. The molecule has 0 saturated heterocycles. The number of benzene rings is 1. The molecule has 0 aromatic heterocycles. The number of rotatable bonds is 9.